The average Bonchev–Trinajstić information content (AvgIpc) is 2.35. The molecule has 1 atom stereocenters. The fourth-order valence-corrected chi connectivity index (χ4v) is 2.16. The summed E-state index contributed by atoms with van der Waals surface area (Å²) in [6.07, 6.45) is 2.16. The maximum atomic E-state index is 9.43. The second-order valence-corrected chi connectivity index (χ2v) is 5.37. The van der Waals surface area contributed by atoms with Crippen molar-refractivity contribution in [2.75, 3.05) is 0 Å². The lowest BCUT2D eigenvalue weighted by Crippen LogP contribution is -2.11. The fourth-order valence-electron chi connectivity index (χ4n) is 2.16. The van der Waals surface area contributed by atoms with Gasteiger partial charge in [-0.05, 0) is 53.3 Å². The van der Waals surface area contributed by atoms with Gasteiger partial charge in [0.05, 0.1) is 0 Å². The Balaban J connectivity index is 2.21. The molecular formula is C16H21NO. The molecule has 3 N–H and O–H groups in total. The van der Waals surface area contributed by atoms with Gasteiger partial charge >= 0.3 is 0 Å². The first-order valence-corrected chi connectivity index (χ1v) is 6.54. The molecule has 0 saturated carbocycles. The van der Waals surface area contributed by atoms with Gasteiger partial charge in [0, 0.05) is 6.04 Å². The molecule has 0 heterocycles. The van der Waals surface area contributed by atoms with Crippen LogP contribution in [0.3, 0.4) is 0 Å². The Morgan fingerprint density at radius 2 is 1.67 bits per heavy atom. The van der Waals surface area contributed by atoms with Crippen molar-refractivity contribution >= 4 is 10.8 Å². The molecule has 0 radical (unpaired) electrons. The van der Waals surface area contributed by atoms with Gasteiger partial charge in [-0.1, -0.05) is 32.0 Å². The number of nitrogens with two attached hydrogens (primary N) is 1. The molecule has 0 bridgehead atoms. The Labute approximate surface area is 108 Å². The molecular weight excluding hydrogens is 222 g/mol. The normalized spacial score (nSPS) is 13.1. The molecule has 0 aliphatic carbocycles. The first kappa shape index (κ1) is 12.9. The number of benzene rings is 2. The minimum atomic E-state index is 0.102. The first-order valence-electron chi connectivity index (χ1n) is 6.54. The van der Waals surface area contributed by atoms with Gasteiger partial charge in [-0.15, -0.1) is 0 Å². The molecule has 2 heteroatoms. The Kier molecular flexibility index (Phi) is 3.87. The maximum Gasteiger partial charge on any atom is 0.116 e. The van der Waals surface area contributed by atoms with E-state index in [1.165, 1.54) is 5.56 Å². The van der Waals surface area contributed by atoms with E-state index in [0.29, 0.717) is 11.7 Å². The van der Waals surface area contributed by atoms with E-state index in [9.17, 15) is 5.11 Å². The molecule has 0 aliphatic heterocycles. The summed E-state index contributed by atoms with van der Waals surface area (Å²) >= 11 is 0. The number of rotatable bonds is 4. The fraction of sp³-hybridized carbons (Fsp3) is 0.375. The van der Waals surface area contributed by atoms with Crippen LogP contribution in [0.2, 0.25) is 0 Å². The third-order valence-electron chi connectivity index (χ3n) is 3.33. The number of hydrogen-bond donors (Lipinski definition) is 2. The highest BCUT2D eigenvalue weighted by atomic mass is 16.3. The van der Waals surface area contributed by atoms with E-state index in [1.54, 1.807) is 12.1 Å². The van der Waals surface area contributed by atoms with Crippen LogP contribution in [0.4, 0.5) is 0 Å². The van der Waals surface area contributed by atoms with Gasteiger partial charge in [0.2, 0.25) is 0 Å². The summed E-state index contributed by atoms with van der Waals surface area (Å²) in [4.78, 5) is 0. The van der Waals surface area contributed by atoms with Crippen molar-refractivity contribution in [3.8, 4) is 5.75 Å². The lowest BCUT2D eigenvalue weighted by molar-refractivity contribution is 0.476. The van der Waals surface area contributed by atoms with E-state index in [0.717, 1.165) is 23.6 Å². The van der Waals surface area contributed by atoms with Crippen LogP contribution < -0.4 is 5.73 Å². The molecule has 0 spiro atoms. The Morgan fingerprint density at radius 1 is 1.00 bits per heavy atom. The average molecular weight is 243 g/mol. The standard InChI is InChI=1S/C16H21NO/c1-11(2)3-8-16(17)14-5-4-13-10-15(18)7-6-12(13)9-14/h4-7,9-11,16,18H,3,8,17H2,1-2H3/t16-/m1/s1. The van der Waals surface area contributed by atoms with E-state index in [1.807, 2.05) is 12.1 Å². The summed E-state index contributed by atoms with van der Waals surface area (Å²) in [5.74, 6) is 0.993. The Morgan fingerprint density at radius 3 is 2.39 bits per heavy atom. The molecule has 0 fully saturated rings. The van der Waals surface area contributed by atoms with Crippen LogP contribution in [-0.2, 0) is 0 Å². The zero-order valence-electron chi connectivity index (χ0n) is 11.1. The Hall–Kier alpha value is -1.54. The van der Waals surface area contributed by atoms with Gasteiger partial charge in [0.1, 0.15) is 5.75 Å². The van der Waals surface area contributed by atoms with Gasteiger partial charge in [-0.2, -0.15) is 0 Å². The summed E-state index contributed by atoms with van der Waals surface area (Å²) in [5.41, 5.74) is 7.39. The van der Waals surface area contributed by atoms with Crippen LogP contribution in [0.15, 0.2) is 36.4 Å². The van der Waals surface area contributed by atoms with Crippen LogP contribution in [0.25, 0.3) is 10.8 Å². The van der Waals surface area contributed by atoms with Crippen molar-refractivity contribution in [1.82, 2.24) is 0 Å². The summed E-state index contributed by atoms with van der Waals surface area (Å²) in [6, 6.07) is 11.7. The second kappa shape index (κ2) is 5.40. The maximum absolute atomic E-state index is 9.43. The number of fused-ring (bicyclic) bond motifs is 1. The van der Waals surface area contributed by atoms with Gasteiger partial charge < -0.3 is 10.8 Å². The minimum Gasteiger partial charge on any atom is -0.508 e. The molecule has 0 unspecified atom stereocenters. The van der Waals surface area contributed by atoms with Crippen molar-refractivity contribution in [2.24, 2.45) is 11.7 Å². The summed E-state index contributed by atoms with van der Waals surface area (Å²) in [5, 5.41) is 11.6. The molecule has 2 aromatic carbocycles. The van der Waals surface area contributed by atoms with Crippen molar-refractivity contribution in [2.45, 2.75) is 32.7 Å². The second-order valence-electron chi connectivity index (χ2n) is 5.37. The van der Waals surface area contributed by atoms with Crippen molar-refractivity contribution in [1.29, 1.82) is 0 Å². The number of phenolic OH excluding ortho intramolecular Hbond substituents is 1. The smallest absolute Gasteiger partial charge is 0.116 e. The highest BCUT2D eigenvalue weighted by Gasteiger charge is 2.08. The predicted molar refractivity (Wildman–Crippen MR) is 76.6 cm³/mol. The highest BCUT2D eigenvalue weighted by Crippen LogP contribution is 2.25. The minimum absolute atomic E-state index is 0.102. The molecule has 0 aliphatic rings. The zero-order valence-corrected chi connectivity index (χ0v) is 11.1. The molecule has 2 nitrogen and oxygen atoms in total. The highest BCUT2D eigenvalue weighted by molar-refractivity contribution is 5.84. The molecule has 18 heavy (non-hydrogen) atoms. The van der Waals surface area contributed by atoms with Crippen LogP contribution in [0.5, 0.6) is 5.75 Å². The number of hydrogen-bond acceptors (Lipinski definition) is 2. The molecule has 96 valence electrons. The lowest BCUT2D eigenvalue weighted by atomic mass is 9.96. The third kappa shape index (κ3) is 3.02. The number of aromatic hydroxyl groups is 1. The van der Waals surface area contributed by atoms with Crippen molar-refractivity contribution in [3.63, 3.8) is 0 Å². The van der Waals surface area contributed by atoms with Gasteiger partial charge in [0.15, 0.2) is 0 Å². The predicted octanol–water partition coefficient (Wildman–Crippen LogP) is 3.98. The van der Waals surface area contributed by atoms with Gasteiger partial charge in [-0.25, -0.2) is 0 Å². The number of phenols is 1. The SMILES string of the molecule is CC(C)CC[C@@H](N)c1ccc2cc(O)ccc2c1. The molecule has 2 rings (SSSR count). The summed E-state index contributed by atoms with van der Waals surface area (Å²) in [6.45, 7) is 4.44. The van der Waals surface area contributed by atoms with Crippen LogP contribution in [0.1, 0.15) is 38.3 Å². The zero-order chi connectivity index (χ0) is 13.1. The monoisotopic (exact) mass is 243 g/mol. The van der Waals surface area contributed by atoms with Gasteiger partial charge in [0.25, 0.3) is 0 Å². The quantitative estimate of drug-likeness (QED) is 0.853. The molecule has 0 aromatic heterocycles. The van der Waals surface area contributed by atoms with E-state index >= 15 is 0 Å². The lowest BCUT2D eigenvalue weighted by Gasteiger charge is -2.14. The van der Waals surface area contributed by atoms with Crippen LogP contribution in [0, 0.1) is 5.92 Å². The molecule has 0 amide bonds. The van der Waals surface area contributed by atoms with E-state index < -0.39 is 0 Å². The van der Waals surface area contributed by atoms with Gasteiger partial charge in [-0.3, -0.25) is 0 Å². The van der Waals surface area contributed by atoms with Crippen LogP contribution >= 0.6 is 0 Å². The van der Waals surface area contributed by atoms with Crippen molar-refractivity contribution < 1.29 is 5.11 Å². The summed E-state index contributed by atoms with van der Waals surface area (Å²) in [7, 11) is 0. The van der Waals surface area contributed by atoms with E-state index in [-0.39, 0.29) is 6.04 Å². The molecule has 2 aromatic rings. The first-order chi connectivity index (χ1) is 8.56. The Bertz CT molecular complexity index is 534. The van der Waals surface area contributed by atoms with E-state index in [2.05, 4.69) is 26.0 Å². The van der Waals surface area contributed by atoms with Crippen molar-refractivity contribution in [3.05, 3.63) is 42.0 Å². The largest absolute Gasteiger partial charge is 0.508 e. The third-order valence-corrected chi connectivity index (χ3v) is 3.33. The topological polar surface area (TPSA) is 46.2 Å². The summed E-state index contributed by atoms with van der Waals surface area (Å²) < 4.78 is 0. The van der Waals surface area contributed by atoms with E-state index in [4.69, 9.17) is 5.73 Å². The molecule has 0 saturated heterocycles. The van der Waals surface area contributed by atoms with Crippen LogP contribution in [-0.4, -0.2) is 5.11 Å².